The van der Waals surface area contributed by atoms with Crippen LogP contribution in [-0.4, -0.2) is 0 Å². The number of fused-ring (bicyclic) bond motifs is 1. The number of hydrogen-bond donors (Lipinski definition) is 0. The third kappa shape index (κ3) is 5.88. The first kappa shape index (κ1) is 21.9. The van der Waals surface area contributed by atoms with Crippen LogP contribution in [0, 0.1) is 11.8 Å². The minimum Gasteiger partial charge on any atom is -0.103 e. The van der Waals surface area contributed by atoms with Crippen molar-refractivity contribution in [3.63, 3.8) is 0 Å². The van der Waals surface area contributed by atoms with Gasteiger partial charge in [0.15, 0.2) is 0 Å². The van der Waals surface area contributed by atoms with Gasteiger partial charge in [-0.1, -0.05) is 80.4 Å². The molecule has 0 atom stereocenters. The monoisotopic (exact) mass is 410 g/mol. The zero-order chi connectivity index (χ0) is 21.5. The molecule has 0 heterocycles. The van der Waals surface area contributed by atoms with E-state index in [1.165, 1.54) is 97.2 Å². The molecular formula is C31H38. The van der Waals surface area contributed by atoms with Gasteiger partial charge in [0, 0.05) is 0 Å². The Morgan fingerprint density at radius 1 is 0.742 bits per heavy atom. The van der Waals surface area contributed by atoms with E-state index in [1.807, 2.05) is 0 Å². The average Bonchev–Trinajstić information content (AvgIpc) is 2.83. The minimum atomic E-state index is 0.769. The highest BCUT2D eigenvalue weighted by molar-refractivity contribution is 5.87. The van der Waals surface area contributed by atoms with Crippen LogP contribution in [0.3, 0.4) is 0 Å². The lowest BCUT2D eigenvalue weighted by Gasteiger charge is -2.26. The highest BCUT2D eigenvalue weighted by Crippen LogP contribution is 2.32. The summed E-state index contributed by atoms with van der Waals surface area (Å²) in [5, 5.41) is 2.71. The van der Waals surface area contributed by atoms with Gasteiger partial charge in [-0.3, -0.25) is 0 Å². The van der Waals surface area contributed by atoms with Gasteiger partial charge in [-0.2, -0.15) is 0 Å². The topological polar surface area (TPSA) is 0 Å². The summed E-state index contributed by atoms with van der Waals surface area (Å²) in [5.74, 6) is 1.67. The number of unbranched alkanes of at least 4 members (excludes halogenated alkanes) is 2. The Kier molecular flexibility index (Phi) is 7.62. The zero-order valence-corrected chi connectivity index (χ0v) is 19.3. The Morgan fingerprint density at radius 2 is 1.42 bits per heavy atom. The van der Waals surface area contributed by atoms with Crippen LogP contribution in [0.1, 0.15) is 69.4 Å². The Labute approximate surface area is 189 Å². The first-order chi connectivity index (χ1) is 15.2. The van der Waals surface area contributed by atoms with Gasteiger partial charge in [0.05, 0.1) is 0 Å². The molecule has 0 nitrogen and oxygen atoms in total. The van der Waals surface area contributed by atoms with E-state index in [4.69, 9.17) is 0 Å². The largest absolute Gasteiger partial charge is 0.103 e. The van der Waals surface area contributed by atoms with Gasteiger partial charge in [0.2, 0.25) is 0 Å². The molecule has 0 bridgehead atoms. The van der Waals surface area contributed by atoms with Crippen molar-refractivity contribution in [2.24, 2.45) is 11.8 Å². The molecule has 162 valence electrons. The van der Waals surface area contributed by atoms with E-state index < -0.39 is 0 Å². The average molecular weight is 411 g/mol. The van der Waals surface area contributed by atoms with E-state index in [2.05, 4.69) is 80.2 Å². The van der Waals surface area contributed by atoms with Crippen molar-refractivity contribution in [2.75, 3.05) is 0 Å². The Bertz CT molecular complexity index is 971. The summed E-state index contributed by atoms with van der Waals surface area (Å²) in [6, 6.07) is 23.2. The molecule has 4 rings (SSSR count). The van der Waals surface area contributed by atoms with E-state index in [1.54, 1.807) is 0 Å². The maximum absolute atomic E-state index is 3.97. The maximum Gasteiger partial charge on any atom is -0.0178 e. The van der Waals surface area contributed by atoms with Gasteiger partial charge < -0.3 is 0 Å². The molecule has 31 heavy (non-hydrogen) atoms. The van der Waals surface area contributed by atoms with Crippen molar-refractivity contribution in [1.82, 2.24) is 0 Å². The molecule has 3 aromatic carbocycles. The van der Waals surface area contributed by atoms with Crippen molar-refractivity contribution in [3.05, 3.63) is 84.4 Å². The van der Waals surface area contributed by atoms with Crippen LogP contribution in [0.5, 0.6) is 0 Å². The standard InChI is InChI=1S/C31H38/c1-3-5-6-7-27-16-19-31-23-30(21-20-29(31)22-27)28-17-14-26(15-18-28)13-12-25-10-8-24(4-2)9-11-25/h4,14-25H,2-3,5-13H2,1H3. The normalized spacial score (nSPS) is 18.9. The summed E-state index contributed by atoms with van der Waals surface area (Å²) in [6.45, 7) is 6.24. The SMILES string of the molecule is C=CC1CCC(CCc2ccc(-c3ccc4cc(CCCCC)ccc4c3)cc2)CC1. The second-order valence-electron chi connectivity index (χ2n) is 9.61. The molecule has 0 radical (unpaired) electrons. The quantitative estimate of drug-likeness (QED) is 0.244. The van der Waals surface area contributed by atoms with Gasteiger partial charge >= 0.3 is 0 Å². The van der Waals surface area contributed by atoms with Gasteiger partial charge in [0.1, 0.15) is 0 Å². The third-order valence-electron chi connectivity index (χ3n) is 7.33. The molecule has 0 aromatic heterocycles. The lowest BCUT2D eigenvalue weighted by molar-refractivity contribution is 0.296. The first-order valence-corrected chi connectivity index (χ1v) is 12.5. The first-order valence-electron chi connectivity index (χ1n) is 12.5. The molecule has 0 saturated heterocycles. The molecule has 1 aliphatic rings. The summed E-state index contributed by atoms with van der Waals surface area (Å²) in [4.78, 5) is 0. The predicted octanol–water partition coefficient (Wildman–Crippen LogP) is 9.16. The zero-order valence-electron chi connectivity index (χ0n) is 19.3. The van der Waals surface area contributed by atoms with E-state index in [-0.39, 0.29) is 0 Å². The highest BCUT2D eigenvalue weighted by atomic mass is 14.2. The number of rotatable bonds is 9. The molecular weight excluding hydrogens is 372 g/mol. The number of hydrogen-bond acceptors (Lipinski definition) is 0. The number of aryl methyl sites for hydroxylation is 2. The third-order valence-corrected chi connectivity index (χ3v) is 7.33. The van der Waals surface area contributed by atoms with Gasteiger partial charge in [-0.25, -0.2) is 0 Å². The predicted molar refractivity (Wildman–Crippen MR) is 137 cm³/mol. The maximum atomic E-state index is 3.97. The fourth-order valence-corrected chi connectivity index (χ4v) is 5.16. The summed E-state index contributed by atoms with van der Waals surface area (Å²) >= 11 is 0. The van der Waals surface area contributed by atoms with Crippen molar-refractivity contribution < 1.29 is 0 Å². The van der Waals surface area contributed by atoms with Crippen LogP contribution in [0.4, 0.5) is 0 Å². The van der Waals surface area contributed by atoms with E-state index in [0.717, 1.165) is 11.8 Å². The van der Waals surface area contributed by atoms with Crippen LogP contribution < -0.4 is 0 Å². The minimum absolute atomic E-state index is 0.769. The van der Waals surface area contributed by atoms with E-state index in [9.17, 15) is 0 Å². The fraction of sp³-hybridized carbons (Fsp3) is 0.419. The smallest absolute Gasteiger partial charge is 0.0178 e. The Balaban J connectivity index is 1.36. The summed E-state index contributed by atoms with van der Waals surface area (Å²) in [5.41, 5.74) is 5.59. The van der Waals surface area contributed by atoms with Crippen molar-refractivity contribution >= 4 is 10.8 Å². The Hall–Kier alpha value is -2.34. The van der Waals surface area contributed by atoms with Crippen LogP contribution in [0.25, 0.3) is 21.9 Å². The van der Waals surface area contributed by atoms with Crippen molar-refractivity contribution in [2.45, 2.75) is 71.1 Å². The Morgan fingerprint density at radius 3 is 2.16 bits per heavy atom. The van der Waals surface area contributed by atoms with Gasteiger partial charge in [-0.05, 0) is 102 Å². The molecule has 0 amide bonds. The second kappa shape index (κ2) is 10.8. The highest BCUT2D eigenvalue weighted by Gasteiger charge is 2.18. The fourth-order valence-electron chi connectivity index (χ4n) is 5.16. The molecule has 1 fully saturated rings. The molecule has 0 spiro atoms. The molecule has 3 aromatic rings. The lowest BCUT2D eigenvalue weighted by atomic mass is 9.79. The second-order valence-corrected chi connectivity index (χ2v) is 9.61. The van der Waals surface area contributed by atoms with Crippen LogP contribution >= 0.6 is 0 Å². The van der Waals surface area contributed by atoms with Crippen LogP contribution in [-0.2, 0) is 12.8 Å². The lowest BCUT2D eigenvalue weighted by Crippen LogP contribution is -2.13. The summed E-state index contributed by atoms with van der Waals surface area (Å²) in [7, 11) is 0. The number of benzene rings is 3. The molecule has 0 unspecified atom stereocenters. The van der Waals surface area contributed by atoms with Gasteiger partial charge in [0.25, 0.3) is 0 Å². The van der Waals surface area contributed by atoms with Gasteiger partial charge in [-0.15, -0.1) is 6.58 Å². The van der Waals surface area contributed by atoms with Crippen molar-refractivity contribution in [3.8, 4) is 11.1 Å². The summed E-state index contributed by atoms with van der Waals surface area (Å²) < 4.78 is 0. The van der Waals surface area contributed by atoms with Crippen LogP contribution in [0.2, 0.25) is 0 Å². The van der Waals surface area contributed by atoms with Crippen molar-refractivity contribution in [1.29, 1.82) is 0 Å². The molecule has 0 aliphatic heterocycles. The van der Waals surface area contributed by atoms with E-state index in [0.29, 0.717) is 0 Å². The summed E-state index contributed by atoms with van der Waals surface area (Å²) in [6.07, 6.45) is 15.3. The molecule has 0 heteroatoms. The molecule has 1 aliphatic carbocycles. The molecule has 1 saturated carbocycles. The van der Waals surface area contributed by atoms with Crippen LogP contribution in [0.15, 0.2) is 73.3 Å². The van der Waals surface area contributed by atoms with E-state index >= 15 is 0 Å². The number of allylic oxidation sites excluding steroid dienone is 1. The molecule has 0 N–H and O–H groups in total.